The van der Waals surface area contributed by atoms with Gasteiger partial charge in [-0.15, -0.1) is 0 Å². The molecule has 0 spiro atoms. The van der Waals surface area contributed by atoms with Crippen molar-refractivity contribution in [3.63, 3.8) is 0 Å². The minimum absolute atomic E-state index is 0.688. The van der Waals surface area contributed by atoms with Crippen LogP contribution >= 0.6 is 0 Å². The summed E-state index contributed by atoms with van der Waals surface area (Å²) in [5.41, 5.74) is 1.28. The van der Waals surface area contributed by atoms with Gasteiger partial charge in [0.2, 0.25) is 0 Å². The maximum atomic E-state index is 4.97. The fraction of sp³-hybridized carbons (Fsp3) is 0.444. The van der Waals surface area contributed by atoms with Crippen LogP contribution in [0.4, 0.5) is 0 Å². The summed E-state index contributed by atoms with van der Waals surface area (Å²) < 4.78 is 5.71. The number of nitrogens with zero attached hydrogens (tertiary/aromatic N) is 1. The van der Waals surface area contributed by atoms with E-state index in [0.29, 0.717) is 5.88 Å². The second-order valence-electron chi connectivity index (χ2n) is 2.89. The molecule has 0 aliphatic rings. The van der Waals surface area contributed by atoms with E-state index in [-0.39, 0.29) is 0 Å². The molecule has 0 aliphatic carbocycles. The summed E-state index contributed by atoms with van der Waals surface area (Å²) in [5, 5.41) is 0. The third-order valence-corrected chi connectivity index (χ3v) is 2.06. The second kappa shape index (κ2) is 4.51. The quantitative estimate of drug-likeness (QED) is 0.721. The Morgan fingerprint density at radius 3 is 2.75 bits per heavy atom. The Bertz CT molecular complexity index is 233. The van der Waals surface area contributed by atoms with Crippen molar-refractivity contribution in [2.45, 2.75) is 18.1 Å². The Morgan fingerprint density at radius 1 is 1.58 bits per heavy atom. The van der Waals surface area contributed by atoms with Crippen molar-refractivity contribution < 1.29 is 4.74 Å². The van der Waals surface area contributed by atoms with Gasteiger partial charge in [0.25, 0.3) is 0 Å². The summed E-state index contributed by atoms with van der Waals surface area (Å²) in [5.74, 6) is 0.688. The van der Waals surface area contributed by atoms with E-state index in [4.69, 9.17) is 4.74 Å². The predicted octanol–water partition coefficient (Wildman–Crippen LogP) is 1.07. The molecule has 0 saturated heterocycles. The summed E-state index contributed by atoms with van der Waals surface area (Å²) in [7, 11) is 1.63. The zero-order valence-corrected chi connectivity index (χ0v) is 9.87. The number of pyridine rings is 1. The van der Waals surface area contributed by atoms with Gasteiger partial charge in [-0.3, -0.25) is 0 Å². The van der Waals surface area contributed by atoms with Crippen molar-refractivity contribution >= 4 is 16.9 Å². The molecule has 2 nitrogen and oxygen atoms in total. The first-order chi connectivity index (χ1) is 5.72. The molecule has 66 valence electrons. The zero-order chi connectivity index (χ0) is 8.97. The molecular weight excluding hydrogens is 213 g/mol. The molecule has 0 saturated carbocycles. The molecule has 0 N–H and O–H groups in total. The van der Waals surface area contributed by atoms with E-state index in [2.05, 4.69) is 18.0 Å². The Labute approximate surface area is 81.8 Å². The molecule has 0 radical (unpaired) electrons. The summed E-state index contributed by atoms with van der Waals surface area (Å²) in [6.45, 7) is 2.23. The maximum absolute atomic E-state index is 4.97. The van der Waals surface area contributed by atoms with E-state index >= 15 is 0 Å². The van der Waals surface area contributed by atoms with Gasteiger partial charge in [-0.25, -0.2) is 0 Å². The molecule has 1 aromatic rings. The molecule has 1 aromatic heterocycles. The second-order valence-corrected chi connectivity index (χ2v) is 5.28. The van der Waals surface area contributed by atoms with Gasteiger partial charge in [0.15, 0.2) is 0 Å². The van der Waals surface area contributed by atoms with Crippen LogP contribution < -0.4 is 4.74 Å². The van der Waals surface area contributed by atoms with E-state index in [1.165, 1.54) is 5.56 Å². The van der Waals surface area contributed by atoms with Gasteiger partial charge in [-0.05, 0) is 0 Å². The van der Waals surface area contributed by atoms with Gasteiger partial charge in [0.1, 0.15) is 0 Å². The Morgan fingerprint density at radius 2 is 2.33 bits per heavy atom. The van der Waals surface area contributed by atoms with Crippen LogP contribution in [0.2, 0.25) is 4.71 Å². The van der Waals surface area contributed by atoms with Crippen molar-refractivity contribution in [1.29, 1.82) is 0 Å². The summed E-state index contributed by atoms with van der Waals surface area (Å²) >= 11 is 1.77. The monoisotopic (exact) mass is 227 g/mol. The first kappa shape index (κ1) is 9.60. The minimum atomic E-state index is 0.688. The van der Waals surface area contributed by atoms with Crippen molar-refractivity contribution in [3.8, 4) is 5.88 Å². The van der Waals surface area contributed by atoms with Gasteiger partial charge in [-0.2, -0.15) is 0 Å². The normalized spacial score (nSPS) is 12.6. The fourth-order valence-electron chi connectivity index (χ4n) is 1.02. The Hall–Kier alpha value is -0.492. The van der Waals surface area contributed by atoms with E-state index < -0.39 is 0 Å². The van der Waals surface area contributed by atoms with Crippen LogP contribution in [0.25, 0.3) is 0 Å². The third-order valence-electron chi connectivity index (χ3n) is 1.56. The van der Waals surface area contributed by atoms with E-state index in [1.807, 2.05) is 12.3 Å². The molecule has 12 heavy (non-hydrogen) atoms. The zero-order valence-electron chi connectivity index (χ0n) is 7.45. The SMILES string of the molecule is COc1ccc(CC(C)[AsH2])cn1. The van der Waals surface area contributed by atoms with Crippen LogP contribution in [0.15, 0.2) is 18.3 Å². The number of hydrogen-bond acceptors (Lipinski definition) is 2. The van der Waals surface area contributed by atoms with Crippen LogP contribution in [0, 0.1) is 0 Å². The van der Waals surface area contributed by atoms with Crippen LogP contribution in [-0.2, 0) is 6.42 Å². The van der Waals surface area contributed by atoms with Crippen LogP contribution in [0.1, 0.15) is 12.5 Å². The molecule has 3 heteroatoms. The Balaban J connectivity index is 2.65. The molecule has 2 unspecified atom stereocenters. The Kier molecular flexibility index (Phi) is 3.61. The van der Waals surface area contributed by atoms with Crippen LogP contribution in [0.5, 0.6) is 5.88 Å². The van der Waals surface area contributed by atoms with Crippen molar-refractivity contribution in [2.75, 3.05) is 7.11 Å². The fourth-order valence-corrected chi connectivity index (χ4v) is 1.60. The molecular formula is C9H14AsNO. The molecule has 2 atom stereocenters. The van der Waals surface area contributed by atoms with Gasteiger partial charge in [0, 0.05) is 0 Å². The summed E-state index contributed by atoms with van der Waals surface area (Å²) in [4.78, 5) is 4.13. The number of ether oxygens (including phenoxy) is 1. The summed E-state index contributed by atoms with van der Waals surface area (Å²) in [6, 6.07) is 3.98. The number of hydrogen-bond donors (Lipinski definition) is 0. The predicted molar refractivity (Wildman–Crippen MR) is 52.5 cm³/mol. The van der Waals surface area contributed by atoms with E-state index in [9.17, 15) is 0 Å². The molecule has 1 heterocycles. The number of methoxy groups -OCH3 is 1. The van der Waals surface area contributed by atoms with Gasteiger partial charge in [0.05, 0.1) is 0 Å². The standard InChI is InChI=1S/C9H14AsNO/c1-7(10)5-8-3-4-9(12-2)11-6-8/h3-4,6-7H,5,10H2,1-2H3. The van der Waals surface area contributed by atoms with Crippen LogP contribution in [0.3, 0.4) is 0 Å². The number of aromatic nitrogens is 1. The van der Waals surface area contributed by atoms with Crippen molar-refractivity contribution in [2.24, 2.45) is 0 Å². The van der Waals surface area contributed by atoms with E-state index in [0.717, 1.165) is 11.1 Å². The van der Waals surface area contributed by atoms with Gasteiger partial charge < -0.3 is 0 Å². The molecule has 0 bridgehead atoms. The third kappa shape index (κ3) is 2.86. The average Bonchev–Trinajstić information content (AvgIpc) is 2.05. The van der Waals surface area contributed by atoms with Crippen molar-refractivity contribution in [3.05, 3.63) is 23.9 Å². The first-order valence-corrected chi connectivity index (χ1v) is 5.36. The molecule has 0 amide bonds. The summed E-state index contributed by atoms with van der Waals surface area (Å²) in [6.07, 6.45) is 2.99. The van der Waals surface area contributed by atoms with Gasteiger partial charge >= 0.3 is 81.5 Å². The number of rotatable bonds is 3. The van der Waals surface area contributed by atoms with E-state index in [1.54, 1.807) is 24.0 Å². The molecule has 1 rings (SSSR count). The van der Waals surface area contributed by atoms with Gasteiger partial charge in [-0.1, -0.05) is 0 Å². The topological polar surface area (TPSA) is 22.1 Å². The average molecular weight is 227 g/mol. The molecule has 0 aromatic carbocycles. The molecule has 0 fully saturated rings. The van der Waals surface area contributed by atoms with Crippen molar-refractivity contribution in [1.82, 2.24) is 4.98 Å². The first-order valence-electron chi connectivity index (χ1n) is 3.97. The molecule has 0 aliphatic heterocycles. The van der Waals surface area contributed by atoms with Crippen LogP contribution in [-0.4, -0.2) is 28.9 Å².